The average Bonchev–Trinajstić information content (AvgIpc) is 3.37. The Labute approximate surface area is 228 Å². The van der Waals surface area contributed by atoms with Gasteiger partial charge in [-0.15, -0.1) is 0 Å². The predicted molar refractivity (Wildman–Crippen MR) is 155 cm³/mol. The monoisotopic (exact) mass is 514 g/mol. The van der Waals surface area contributed by atoms with Crippen LogP contribution in [0.15, 0.2) is 115 Å². The summed E-state index contributed by atoms with van der Waals surface area (Å²) in [7, 11) is 0. The molecule has 0 atom stereocenters. The molecule has 0 saturated heterocycles. The number of anilines is 1. The molecule has 0 spiro atoms. The van der Waals surface area contributed by atoms with Crippen molar-refractivity contribution in [3.63, 3.8) is 0 Å². The molecule has 194 valence electrons. The summed E-state index contributed by atoms with van der Waals surface area (Å²) in [6.45, 7) is 4.26. The Hall–Kier alpha value is -4.97. The molecule has 0 aliphatic rings. The molecule has 5 rings (SSSR count). The molecule has 0 unspecified atom stereocenters. The Balaban J connectivity index is 1.43. The van der Waals surface area contributed by atoms with Crippen molar-refractivity contribution in [3.05, 3.63) is 138 Å². The standard InChI is InChI=1S/C33H30N4O2/c1-24-13-17-27(18-14-24)30-22-37(29-19-15-25(2)16-20-29)33(34-30)35-31(38)23-36(21-26-9-5-3-6-10-26)32(39)28-11-7-4-8-12-28/h3-20,22H,21,23H2,1-2H3,(H,34,35,38). The molecule has 39 heavy (non-hydrogen) atoms. The maximum atomic E-state index is 13.4. The van der Waals surface area contributed by atoms with E-state index >= 15 is 0 Å². The van der Waals surface area contributed by atoms with Gasteiger partial charge in [0.2, 0.25) is 11.9 Å². The first-order valence-electron chi connectivity index (χ1n) is 12.9. The second-order valence-electron chi connectivity index (χ2n) is 9.58. The summed E-state index contributed by atoms with van der Waals surface area (Å²) in [4.78, 5) is 33.1. The number of hydrogen-bond donors (Lipinski definition) is 1. The third kappa shape index (κ3) is 6.30. The fraction of sp³-hybridized carbons (Fsp3) is 0.121. The largest absolute Gasteiger partial charge is 0.325 e. The normalized spacial score (nSPS) is 10.7. The maximum absolute atomic E-state index is 13.4. The second-order valence-corrected chi connectivity index (χ2v) is 9.58. The Bertz CT molecular complexity index is 1560. The Morgan fingerprint density at radius 2 is 1.36 bits per heavy atom. The number of imidazole rings is 1. The minimum absolute atomic E-state index is 0.122. The molecule has 0 aliphatic carbocycles. The Morgan fingerprint density at radius 1 is 0.769 bits per heavy atom. The van der Waals surface area contributed by atoms with E-state index in [9.17, 15) is 9.59 Å². The molecule has 5 aromatic rings. The summed E-state index contributed by atoms with van der Waals surface area (Å²) >= 11 is 0. The lowest BCUT2D eigenvalue weighted by Gasteiger charge is -2.22. The predicted octanol–water partition coefficient (Wildman–Crippen LogP) is 6.44. The van der Waals surface area contributed by atoms with E-state index in [1.807, 2.05) is 122 Å². The number of carbonyl (C=O) groups excluding carboxylic acids is 2. The zero-order chi connectivity index (χ0) is 27.2. The fourth-order valence-corrected chi connectivity index (χ4v) is 4.34. The van der Waals surface area contributed by atoms with Gasteiger partial charge < -0.3 is 4.90 Å². The van der Waals surface area contributed by atoms with E-state index in [-0.39, 0.29) is 18.4 Å². The molecule has 4 aromatic carbocycles. The van der Waals surface area contributed by atoms with Gasteiger partial charge in [-0.3, -0.25) is 19.5 Å². The van der Waals surface area contributed by atoms with Crippen molar-refractivity contribution >= 4 is 17.8 Å². The summed E-state index contributed by atoms with van der Waals surface area (Å²) in [5.74, 6) is -0.146. The van der Waals surface area contributed by atoms with Crippen molar-refractivity contribution in [1.29, 1.82) is 0 Å². The van der Waals surface area contributed by atoms with E-state index in [1.54, 1.807) is 17.0 Å². The third-order valence-corrected chi connectivity index (χ3v) is 6.48. The first kappa shape index (κ1) is 25.7. The van der Waals surface area contributed by atoms with Gasteiger partial charge in [0, 0.05) is 29.6 Å². The summed E-state index contributed by atoms with van der Waals surface area (Å²) in [5, 5.41) is 2.97. The molecule has 6 heteroatoms. The van der Waals surface area contributed by atoms with Gasteiger partial charge in [0.25, 0.3) is 5.91 Å². The molecular formula is C33H30N4O2. The van der Waals surface area contributed by atoms with Crippen molar-refractivity contribution < 1.29 is 9.59 Å². The van der Waals surface area contributed by atoms with Crippen LogP contribution in [0.25, 0.3) is 16.9 Å². The van der Waals surface area contributed by atoms with Crippen molar-refractivity contribution in [1.82, 2.24) is 14.5 Å². The number of aromatic nitrogens is 2. The SMILES string of the molecule is Cc1ccc(-c2cn(-c3ccc(C)cc3)c(NC(=O)CN(Cc3ccccc3)C(=O)c3ccccc3)n2)cc1. The van der Waals surface area contributed by atoms with Crippen LogP contribution in [-0.2, 0) is 11.3 Å². The van der Waals surface area contributed by atoms with Gasteiger partial charge in [-0.25, -0.2) is 4.98 Å². The highest BCUT2D eigenvalue weighted by molar-refractivity contribution is 5.99. The topological polar surface area (TPSA) is 67.2 Å². The Morgan fingerprint density at radius 3 is 2.00 bits per heavy atom. The van der Waals surface area contributed by atoms with Gasteiger partial charge in [0.1, 0.15) is 6.54 Å². The zero-order valence-corrected chi connectivity index (χ0v) is 22.0. The summed E-state index contributed by atoms with van der Waals surface area (Å²) < 4.78 is 1.87. The van der Waals surface area contributed by atoms with Gasteiger partial charge in [0.15, 0.2) is 0 Å². The summed E-state index contributed by atoms with van der Waals surface area (Å²) in [6, 6.07) is 34.8. The lowest BCUT2D eigenvalue weighted by molar-refractivity contribution is -0.117. The lowest BCUT2D eigenvalue weighted by atomic mass is 10.1. The first-order valence-corrected chi connectivity index (χ1v) is 12.9. The van der Waals surface area contributed by atoms with Crippen molar-refractivity contribution in [3.8, 4) is 16.9 Å². The molecule has 0 aliphatic heterocycles. The highest BCUT2D eigenvalue weighted by atomic mass is 16.2. The quantitative estimate of drug-likeness (QED) is 0.259. The van der Waals surface area contributed by atoms with E-state index < -0.39 is 0 Å². The maximum Gasteiger partial charge on any atom is 0.254 e. The highest BCUT2D eigenvalue weighted by Crippen LogP contribution is 2.25. The molecule has 1 aromatic heterocycles. The van der Waals surface area contributed by atoms with Crippen LogP contribution in [0, 0.1) is 13.8 Å². The average molecular weight is 515 g/mol. The first-order chi connectivity index (χ1) is 19.0. The third-order valence-electron chi connectivity index (χ3n) is 6.48. The van der Waals surface area contributed by atoms with Gasteiger partial charge in [-0.2, -0.15) is 0 Å². The van der Waals surface area contributed by atoms with E-state index in [0.717, 1.165) is 33.6 Å². The lowest BCUT2D eigenvalue weighted by Crippen LogP contribution is -2.38. The smallest absolute Gasteiger partial charge is 0.254 e. The molecule has 0 radical (unpaired) electrons. The minimum atomic E-state index is -0.329. The van der Waals surface area contributed by atoms with Crippen LogP contribution in [0.1, 0.15) is 27.0 Å². The number of carbonyl (C=O) groups is 2. The van der Waals surface area contributed by atoms with E-state index in [0.29, 0.717) is 18.1 Å². The van der Waals surface area contributed by atoms with Crippen LogP contribution in [0.3, 0.4) is 0 Å². The number of amides is 2. The summed E-state index contributed by atoms with van der Waals surface area (Å²) in [5.41, 5.74) is 6.34. The molecule has 6 nitrogen and oxygen atoms in total. The van der Waals surface area contributed by atoms with Gasteiger partial charge in [-0.1, -0.05) is 96.1 Å². The van der Waals surface area contributed by atoms with Crippen LogP contribution in [0.4, 0.5) is 5.95 Å². The number of benzene rings is 4. The van der Waals surface area contributed by atoms with Gasteiger partial charge in [-0.05, 0) is 43.7 Å². The van der Waals surface area contributed by atoms with E-state index in [4.69, 9.17) is 4.98 Å². The number of nitrogens with zero attached hydrogens (tertiary/aromatic N) is 3. The number of rotatable bonds is 8. The van der Waals surface area contributed by atoms with Crippen LogP contribution in [-0.4, -0.2) is 32.8 Å². The number of nitrogens with one attached hydrogen (secondary N) is 1. The van der Waals surface area contributed by atoms with Crippen molar-refractivity contribution in [2.45, 2.75) is 20.4 Å². The molecule has 0 bridgehead atoms. The highest BCUT2D eigenvalue weighted by Gasteiger charge is 2.21. The fourth-order valence-electron chi connectivity index (χ4n) is 4.34. The van der Waals surface area contributed by atoms with Crippen LogP contribution >= 0.6 is 0 Å². The zero-order valence-electron chi connectivity index (χ0n) is 22.0. The van der Waals surface area contributed by atoms with Gasteiger partial charge in [0.05, 0.1) is 5.69 Å². The molecule has 2 amide bonds. The summed E-state index contributed by atoms with van der Waals surface area (Å²) in [6.07, 6.45) is 1.92. The van der Waals surface area contributed by atoms with E-state index in [1.165, 1.54) is 0 Å². The Kier molecular flexibility index (Phi) is 7.64. The van der Waals surface area contributed by atoms with E-state index in [2.05, 4.69) is 5.32 Å². The molecule has 0 saturated carbocycles. The molecule has 1 heterocycles. The molecular weight excluding hydrogens is 484 g/mol. The number of hydrogen-bond acceptors (Lipinski definition) is 3. The van der Waals surface area contributed by atoms with Crippen LogP contribution < -0.4 is 5.32 Å². The number of aryl methyl sites for hydroxylation is 2. The molecule has 0 fully saturated rings. The minimum Gasteiger partial charge on any atom is -0.325 e. The van der Waals surface area contributed by atoms with Crippen molar-refractivity contribution in [2.75, 3.05) is 11.9 Å². The van der Waals surface area contributed by atoms with Gasteiger partial charge >= 0.3 is 0 Å². The second kappa shape index (κ2) is 11.6. The molecule has 1 N–H and O–H groups in total. The van der Waals surface area contributed by atoms with Crippen molar-refractivity contribution in [2.24, 2.45) is 0 Å². The van der Waals surface area contributed by atoms with Crippen LogP contribution in [0.2, 0.25) is 0 Å². The van der Waals surface area contributed by atoms with Crippen LogP contribution in [0.5, 0.6) is 0 Å².